The molecule has 1 heterocycles. The highest BCUT2D eigenvalue weighted by Gasteiger charge is 2.12. The number of hydrogen-bond donors (Lipinski definition) is 3. The van der Waals surface area contributed by atoms with Gasteiger partial charge in [-0.3, -0.25) is 4.79 Å². The van der Waals surface area contributed by atoms with E-state index in [9.17, 15) is 4.79 Å². The second-order valence-corrected chi connectivity index (χ2v) is 2.71. The largest absolute Gasteiger partial charge is 0.356 e. The Kier molecular flexibility index (Phi) is 1.91. The predicted molar refractivity (Wildman–Crippen MR) is 39.4 cm³/mol. The fourth-order valence-corrected chi connectivity index (χ4v) is 1.08. The molecule has 0 spiro atoms. The Hall–Kier alpha value is -0.300. The van der Waals surface area contributed by atoms with Crippen molar-refractivity contribution in [3.63, 3.8) is 0 Å². The van der Waals surface area contributed by atoms with Crippen LogP contribution in [0.15, 0.2) is 9.78 Å². The zero-order chi connectivity index (χ0) is 6.85. The summed E-state index contributed by atoms with van der Waals surface area (Å²) in [5, 5.41) is 13.6. The Bertz CT molecular complexity index is 168. The van der Waals surface area contributed by atoms with Crippen molar-refractivity contribution in [3.8, 4) is 0 Å². The number of aliphatic hydroxyl groups is 1. The molecule has 0 bridgehead atoms. The van der Waals surface area contributed by atoms with Crippen LogP contribution in [0.3, 0.4) is 0 Å². The van der Waals surface area contributed by atoms with E-state index in [-0.39, 0.29) is 5.91 Å². The van der Waals surface area contributed by atoms with Gasteiger partial charge < -0.3 is 15.7 Å². The lowest BCUT2D eigenvalue weighted by atomic mass is 10.5. The number of carbonyl (C=O) groups excluding carboxylic acids is 1. The van der Waals surface area contributed by atoms with E-state index in [0.717, 1.165) is 0 Å². The fraction of sp³-hybridized carbons (Fsp3) is 0.250. The SMILES string of the molecule is O=C1C=C(I)NC(O)N1. The first-order valence-corrected chi connectivity index (χ1v) is 3.38. The minimum Gasteiger partial charge on any atom is -0.356 e. The fourth-order valence-electron chi connectivity index (χ4n) is 0.500. The minimum atomic E-state index is -0.936. The van der Waals surface area contributed by atoms with Crippen LogP contribution in [0.1, 0.15) is 0 Å². The molecule has 1 aliphatic rings. The van der Waals surface area contributed by atoms with Gasteiger partial charge in [0.05, 0.1) is 3.70 Å². The molecule has 1 unspecified atom stereocenters. The third kappa shape index (κ3) is 1.83. The topological polar surface area (TPSA) is 61.4 Å². The molecule has 0 aliphatic carbocycles. The van der Waals surface area contributed by atoms with Crippen LogP contribution in [0.2, 0.25) is 0 Å². The second kappa shape index (κ2) is 2.53. The summed E-state index contributed by atoms with van der Waals surface area (Å²) in [4.78, 5) is 10.5. The van der Waals surface area contributed by atoms with Gasteiger partial charge in [0.1, 0.15) is 0 Å². The number of hydrogen-bond acceptors (Lipinski definition) is 3. The van der Waals surface area contributed by atoms with Crippen LogP contribution in [0.25, 0.3) is 0 Å². The molecule has 1 rings (SSSR count). The molecular weight excluding hydrogens is 235 g/mol. The number of halogens is 1. The number of amides is 1. The van der Waals surface area contributed by atoms with E-state index in [4.69, 9.17) is 5.11 Å². The summed E-state index contributed by atoms with van der Waals surface area (Å²) in [7, 11) is 0. The Morgan fingerprint density at radius 2 is 2.33 bits per heavy atom. The van der Waals surface area contributed by atoms with Crippen LogP contribution in [0.4, 0.5) is 0 Å². The van der Waals surface area contributed by atoms with Crippen molar-refractivity contribution < 1.29 is 9.90 Å². The lowest BCUT2D eigenvalue weighted by molar-refractivity contribution is -0.120. The molecule has 1 atom stereocenters. The first-order chi connectivity index (χ1) is 4.18. The number of carbonyl (C=O) groups is 1. The van der Waals surface area contributed by atoms with Crippen molar-refractivity contribution in [3.05, 3.63) is 9.78 Å². The Morgan fingerprint density at radius 3 is 2.78 bits per heavy atom. The van der Waals surface area contributed by atoms with Gasteiger partial charge in [0.2, 0.25) is 12.3 Å². The van der Waals surface area contributed by atoms with Crippen LogP contribution in [0, 0.1) is 0 Å². The molecule has 0 saturated carbocycles. The van der Waals surface area contributed by atoms with Crippen LogP contribution in [0.5, 0.6) is 0 Å². The van der Waals surface area contributed by atoms with Crippen molar-refractivity contribution >= 4 is 28.5 Å². The standard InChI is InChI=1S/C4H5IN2O2/c5-2-1-3(8)7-4(9)6-2/h1,4,6,9H,(H,7,8). The van der Waals surface area contributed by atoms with Crippen molar-refractivity contribution in [1.82, 2.24) is 10.6 Å². The minimum absolute atomic E-state index is 0.273. The normalized spacial score (nSPS) is 26.2. The molecular formula is C4H5IN2O2. The van der Waals surface area contributed by atoms with Crippen LogP contribution in [-0.4, -0.2) is 17.4 Å². The molecule has 0 aromatic carbocycles. The van der Waals surface area contributed by atoms with Crippen molar-refractivity contribution in [1.29, 1.82) is 0 Å². The van der Waals surface area contributed by atoms with Crippen molar-refractivity contribution in [2.75, 3.05) is 0 Å². The summed E-state index contributed by atoms with van der Waals surface area (Å²) in [6, 6.07) is 0. The van der Waals surface area contributed by atoms with Gasteiger partial charge in [-0.15, -0.1) is 0 Å². The molecule has 3 N–H and O–H groups in total. The van der Waals surface area contributed by atoms with Gasteiger partial charge in [0, 0.05) is 6.08 Å². The average Bonchev–Trinajstić information content (AvgIpc) is 1.59. The summed E-state index contributed by atoms with van der Waals surface area (Å²) < 4.78 is 0.642. The molecule has 0 radical (unpaired) electrons. The molecule has 0 saturated heterocycles. The molecule has 9 heavy (non-hydrogen) atoms. The zero-order valence-corrected chi connectivity index (χ0v) is 6.55. The maximum absolute atomic E-state index is 10.5. The molecule has 0 aromatic heterocycles. The Morgan fingerprint density at radius 1 is 1.67 bits per heavy atom. The molecule has 4 nitrogen and oxygen atoms in total. The molecule has 50 valence electrons. The van der Waals surface area contributed by atoms with Gasteiger partial charge >= 0.3 is 0 Å². The van der Waals surface area contributed by atoms with Gasteiger partial charge in [-0.25, -0.2) is 0 Å². The van der Waals surface area contributed by atoms with Crippen LogP contribution in [-0.2, 0) is 4.79 Å². The summed E-state index contributed by atoms with van der Waals surface area (Å²) in [6.45, 7) is 0. The molecule has 1 amide bonds. The lowest BCUT2D eigenvalue weighted by Gasteiger charge is -2.17. The summed E-state index contributed by atoms with van der Waals surface area (Å²) in [5.41, 5.74) is 0. The maximum Gasteiger partial charge on any atom is 0.249 e. The number of nitrogens with one attached hydrogen (secondary N) is 2. The second-order valence-electron chi connectivity index (χ2n) is 1.55. The van der Waals surface area contributed by atoms with Gasteiger partial charge in [0.25, 0.3) is 0 Å². The van der Waals surface area contributed by atoms with E-state index in [1.807, 2.05) is 22.6 Å². The highest BCUT2D eigenvalue weighted by molar-refractivity contribution is 14.1. The molecule has 1 aliphatic heterocycles. The van der Waals surface area contributed by atoms with E-state index < -0.39 is 6.35 Å². The van der Waals surface area contributed by atoms with Gasteiger partial charge in [-0.1, -0.05) is 0 Å². The highest BCUT2D eigenvalue weighted by Crippen LogP contribution is 2.03. The average molecular weight is 240 g/mol. The third-order valence-electron chi connectivity index (χ3n) is 0.811. The molecule has 0 aromatic rings. The highest BCUT2D eigenvalue weighted by atomic mass is 127. The van der Waals surface area contributed by atoms with Crippen molar-refractivity contribution in [2.24, 2.45) is 0 Å². The first-order valence-electron chi connectivity index (χ1n) is 2.31. The Balaban J connectivity index is 2.67. The predicted octanol–water partition coefficient (Wildman–Crippen LogP) is -0.742. The molecule has 5 heteroatoms. The number of aliphatic hydroxyl groups excluding tert-OH is 1. The Labute approximate surface area is 65.5 Å². The third-order valence-corrected chi connectivity index (χ3v) is 1.43. The maximum atomic E-state index is 10.5. The summed E-state index contributed by atoms with van der Waals surface area (Å²) in [6.07, 6.45) is 0.433. The van der Waals surface area contributed by atoms with E-state index in [1.54, 1.807) is 0 Å². The zero-order valence-electron chi connectivity index (χ0n) is 4.39. The van der Waals surface area contributed by atoms with Crippen molar-refractivity contribution in [2.45, 2.75) is 6.35 Å². The van der Waals surface area contributed by atoms with E-state index in [0.29, 0.717) is 3.70 Å². The van der Waals surface area contributed by atoms with Crippen LogP contribution < -0.4 is 10.6 Å². The van der Waals surface area contributed by atoms with Gasteiger partial charge in [0.15, 0.2) is 0 Å². The summed E-state index contributed by atoms with van der Waals surface area (Å²) in [5.74, 6) is -0.273. The smallest absolute Gasteiger partial charge is 0.249 e. The van der Waals surface area contributed by atoms with E-state index >= 15 is 0 Å². The van der Waals surface area contributed by atoms with Gasteiger partial charge in [-0.05, 0) is 22.6 Å². The monoisotopic (exact) mass is 240 g/mol. The molecule has 0 fully saturated rings. The lowest BCUT2D eigenvalue weighted by Crippen LogP contribution is -2.47. The van der Waals surface area contributed by atoms with E-state index in [2.05, 4.69) is 10.6 Å². The van der Waals surface area contributed by atoms with Crippen LogP contribution >= 0.6 is 22.6 Å². The van der Waals surface area contributed by atoms with Gasteiger partial charge in [-0.2, -0.15) is 0 Å². The summed E-state index contributed by atoms with van der Waals surface area (Å²) >= 11 is 1.92. The number of rotatable bonds is 0. The first kappa shape index (κ1) is 6.81. The van der Waals surface area contributed by atoms with E-state index in [1.165, 1.54) is 6.08 Å². The quantitative estimate of drug-likeness (QED) is 0.386.